The SMILES string of the molecule is CC(C)(C)OC(=O)N1CC[C@H](S(=O)c2nc3ccccc3s2)C1. The van der Waals surface area contributed by atoms with Crippen LogP contribution in [-0.4, -0.2) is 44.1 Å². The summed E-state index contributed by atoms with van der Waals surface area (Å²) in [6.07, 6.45) is 0.378. The zero-order valence-electron chi connectivity index (χ0n) is 13.4. The van der Waals surface area contributed by atoms with Crippen LogP contribution in [0.5, 0.6) is 0 Å². The van der Waals surface area contributed by atoms with Gasteiger partial charge >= 0.3 is 6.09 Å². The van der Waals surface area contributed by atoms with Crippen molar-refractivity contribution in [2.24, 2.45) is 0 Å². The second kappa shape index (κ2) is 6.20. The minimum Gasteiger partial charge on any atom is -0.444 e. The second-order valence-electron chi connectivity index (χ2n) is 6.58. The maximum Gasteiger partial charge on any atom is 0.410 e. The normalized spacial score (nSPS) is 20.0. The van der Waals surface area contributed by atoms with Gasteiger partial charge in [0.15, 0.2) is 4.34 Å². The van der Waals surface area contributed by atoms with Gasteiger partial charge in [-0.05, 0) is 39.3 Å². The van der Waals surface area contributed by atoms with E-state index in [1.54, 1.807) is 4.90 Å². The van der Waals surface area contributed by atoms with Gasteiger partial charge < -0.3 is 9.64 Å². The van der Waals surface area contributed by atoms with E-state index in [-0.39, 0.29) is 11.3 Å². The number of carbonyl (C=O) groups excluding carboxylic acids is 1. The van der Waals surface area contributed by atoms with Gasteiger partial charge in [-0.25, -0.2) is 9.78 Å². The number of thiazole rings is 1. The number of fused-ring (bicyclic) bond motifs is 1. The lowest BCUT2D eigenvalue weighted by Gasteiger charge is -2.24. The molecule has 124 valence electrons. The lowest BCUT2D eigenvalue weighted by Crippen LogP contribution is -2.36. The van der Waals surface area contributed by atoms with Gasteiger partial charge in [-0.3, -0.25) is 4.21 Å². The summed E-state index contributed by atoms with van der Waals surface area (Å²) in [5.74, 6) is 0. The topological polar surface area (TPSA) is 59.5 Å². The number of benzene rings is 1. The number of nitrogens with zero attached hydrogens (tertiary/aromatic N) is 2. The maximum absolute atomic E-state index is 12.8. The van der Waals surface area contributed by atoms with Crippen LogP contribution < -0.4 is 0 Å². The number of carbonyl (C=O) groups is 1. The Balaban J connectivity index is 1.68. The highest BCUT2D eigenvalue weighted by molar-refractivity contribution is 7.88. The highest BCUT2D eigenvalue weighted by atomic mass is 32.2. The minimum absolute atomic E-state index is 0.0805. The molecule has 0 bridgehead atoms. The van der Waals surface area contributed by atoms with Crippen LogP contribution >= 0.6 is 11.3 Å². The Morgan fingerprint density at radius 2 is 2.13 bits per heavy atom. The predicted octanol–water partition coefficient (Wildman–Crippen LogP) is 3.41. The zero-order valence-corrected chi connectivity index (χ0v) is 15.1. The van der Waals surface area contributed by atoms with E-state index in [1.165, 1.54) is 11.3 Å². The standard InChI is InChI=1S/C16H20N2O3S2/c1-16(2,3)21-15(19)18-9-8-11(10-18)23(20)14-17-12-6-4-5-7-13(12)22-14/h4-7,11H,8-10H2,1-3H3/t11-,23?/m0/s1. The van der Waals surface area contributed by atoms with Crippen LogP contribution in [0.3, 0.4) is 0 Å². The number of rotatable bonds is 2. The fourth-order valence-electron chi connectivity index (χ4n) is 2.47. The average Bonchev–Trinajstić information content (AvgIpc) is 3.11. The molecule has 1 saturated heterocycles. The molecule has 1 amide bonds. The van der Waals surface area contributed by atoms with Crippen molar-refractivity contribution in [2.75, 3.05) is 13.1 Å². The summed E-state index contributed by atoms with van der Waals surface area (Å²) in [5, 5.41) is -0.0805. The van der Waals surface area contributed by atoms with Crippen molar-refractivity contribution in [1.82, 2.24) is 9.88 Å². The lowest BCUT2D eigenvalue weighted by molar-refractivity contribution is 0.0295. The highest BCUT2D eigenvalue weighted by Gasteiger charge is 2.34. The predicted molar refractivity (Wildman–Crippen MR) is 92.2 cm³/mol. The molecule has 1 unspecified atom stereocenters. The quantitative estimate of drug-likeness (QED) is 0.831. The fourth-order valence-corrected chi connectivity index (χ4v) is 5.29. The first kappa shape index (κ1) is 16.4. The Kier molecular flexibility index (Phi) is 4.42. The van der Waals surface area contributed by atoms with Crippen molar-refractivity contribution >= 4 is 38.4 Å². The molecule has 1 aliphatic heterocycles. The molecule has 1 aromatic carbocycles. The van der Waals surface area contributed by atoms with E-state index in [9.17, 15) is 9.00 Å². The van der Waals surface area contributed by atoms with Crippen molar-refractivity contribution in [3.05, 3.63) is 24.3 Å². The van der Waals surface area contributed by atoms with Crippen LogP contribution in [0, 0.1) is 0 Å². The Morgan fingerprint density at radius 3 is 2.83 bits per heavy atom. The number of amides is 1. The molecule has 3 rings (SSSR count). The van der Waals surface area contributed by atoms with Crippen molar-refractivity contribution < 1.29 is 13.7 Å². The Morgan fingerprint density at radius 1 is 1.39 bits per heavy atom. The van der Waals surface area contributed by atoms with Crippen LogP contribution in [-0.2, 0) is 15.5 Å². The molecule has 2 atom stereocenters. The van der Waals surface area contributed by atoms with E-state index >= 15 is 0 Å². The molecule has 1 aromatic heterocycles. The molecule has 5 nitrogen and oxygen atoms in total. The summed E-state index contributed by atoms with van der Waals surface area (Å²) in [6, 6.07) is 7.78. The van der Waals surface area contributed by atoms with E-state index in [2.05, 4.69) is 4.98 Å². The molecule has 1 aliphatic rings. The first-order valence-electron chi connectivity index (χ1n) is 7.57. The summed E-state index contributed by atoms with van der Waals surface area (Å²) >= 11 is 1.47. The number of para-hydroxylation sites is 1. The van der Waals surface area contributed by atoms with Crippen LogP contribution in [0.2, 0.25) is 0 Å². The molecule has 2 aromatic rings. The average molecular weight is 352 g/mol. The summed E-state index contributed by atoms with van der Waals surface area (Å²) < 4.78 is 19.8. The van der Waals surface area contributed by atoms with Crippen molar-refractivity contribution in [3.63, 3.8) is 0 Å². The Bertz CT molecular complexity index is 718. The van der Waals surface area contributed by atoms with E-state index in [0.29, 0.717) is 23.8 Å². The first-order chi connectivity index (χ1) is 10.8. The summed E-state index contributed by atoms with van der Waals surface area (Å²) in [4.78, 5) is 18.2. The minimum atomic E-state index is -1.19. The second-order valence-corrected chi connectivity index (χ2v) is 9.52. The van der Waals surface area contributed by atoms with Crippen LogP contribution in [0.4, 0.5) is 4.79 Å². The molecule has 1 fully saturated rings. The van der Waals surface area contributed by atoms with Gasteiger partial charge in [0, 0.05) is 13.1 Å². The van der Waals surface area contributed by atoms with E-state index in [0.717, 1.165) is 10.2 Å². The van der Waals surface area contributed by atoms with Gasteiger partial charge in [0.1, 0.15) is 5.60 Å². The third-order valence-electron chi connectivity index (χ3n) is 3.55. The Labute approximate surface area is 142 Å². The van der Waals surface area contributed by atoms with Crippen molar-refractivity contribution in [1.29, 1.82) is 0 Å². The molecule has 0 spiro atoms. The largest absolute Gasteiger partial charge is 0.444 e. The molecule has 23 heavy (non-hydrogen) atoms. The van der Waals surface area contributed by atoms with E-state index in [4.69, 9.17) is 4.74 Å². The van der Waals surface area contributed by atoms with Crippen LogP contribution in [0.25, 0.3) is 10.2 Å². The number of likely N-dealkylation sites (tertiary alicyclic amines) is 1. The molecule has 7 heteroatoms. The monoisotopic (exact) mass is 352 g/mol. The van der Waals surface area contributed by atoms with Gasteiger partial charge in [-0.15, -0.1) is 11.3 Å². The van der Waals surface area contributed by atoms with Crippen molar-refractivity contribution in [3.8, 4) is 0 Å². The van der Waals surface area contributed by atoms with Gasteiger partial charge in [-0.1, -0.05) is 12.1 Å². The third kappa shape index (κ3) is 3.72. The maximum atomic E-state index is 12.8. The molecule has 2 heterocycles. The number of hydrogen-bond acceptors (Lipinski definition) is 5. The zero-order chi connectivity index (χ0) is 16.6. The summed E-state index contributed by atoms with van der Waals surface area (Å²) in [7, 11) is -1.19. The van der Waals surface area contributed by atoms with Gasteiger partial charge in [-0.2, -0.15) is 0 Å². The van der Waals surface area contributed by atoms with E-state index < -0.39 is 16.4 Å². The molecule has 0 aliphatic carbocycles. The van der Waals surface area contributed by atoms with Gasteiger partial charge in [0.2, 0.25) is 0 Å². The lowest BCUT2D eigenvalue weighted by atomic mass is 10.2. The molecule has 0 saturated carbocycles. The van der Waals surface area contributed by atoms with Gasteiger partial charge in [0.05, 0.1) is 26.3 Å². The number of ether oxygens (including phenoxy) is 1. The van der Waals surface area contributed by atoms with Crippen molar-refractivity contribution in [2.45, 2.75) is 42.4 Å². The molecule has 0 radical (unpaired) electrons. The van der Waals surface area contributed by atoms with Crippen LogP contribution in [0.1, 0.15) is 27.2 Å². The first-order valence-corrected chi connectivity index (χ1v) is 9.60. The highest BCUT2D eigenvalue weighted by Crippen LogP contribution is 2.28. The molecular weight excluding hydrogens is 332 g/mol. The number of aromatic nitrogens is 1. The molecular formula is C16H20N2O3S2. The van der Waals surface area contributed by atoms with E-state index in [1.807, 2.05) is 45.0 Å². The van der Waals surface area contributed by atoms with Gasteiger partial charge in [0.25, 0.3) is 0 Å². The fraction of sp³-hybridized carbons (Fsp3) is 0.500. The van der Waals surface area contributed by atoms with Crippen LogP contribution in [0.15, 0.2) is 28.6 Å². The Hall–Kier alpha value is -1.47. The third-order valence-corrected chi connectivity index (χ3v) is 6.55. The summed E-state index contributed by atoms with van der Waals surface area (Å²) in [6.45, 7) is 6.57. The smallest absolute Gasteiger partial charge is 0.410 e. The number of hydrogen-bond donors (Lipinski definition) is 0. The summed E-state index contributed by atoms with van der Waals surface area (Å²) in [5.41, 5.74) is 0.365. The molecule has 0 N–H and O–H groups in total.